The molecule has 1 atom stereocenters. The van der Waals surface area contributed by atoms with Gasteiger partial charge in [-0.3, -0.25) is 9.59 Å². The first-order valence-corrected chi connectivity index (χ1v) is 8.95. The Balaban J connectivity index is 1.76. The number of rotatable bonds is 3. The Labute approximate surface area is 145 Å². The Morgan fingerprint density at radius 2 is 2.00 bits per heavy atom. The Morgan fingerprint density at radius 3 is 2.71 bits per heavy atom. The zero-order valence-electron chi connectivity index (χ0n) is 14.0. The minimum atomic E-state index is -0.493. The van der Waals surface area contributed by atoms with E-state index >= 15 is 0 Å². The van der Waals surface area contributed by atoms with Gasteiger partial charge in [-0.25, -0.2) is 0 Å². The standard InChI is InChI=1S/C18H20N2O3S/c1-11-5-4-6-14(13(11)3)19-17(21)15-9-24-10-20(15)18(22)16-8-7-12(2)23-16/h4-8,15H,9-10H2,1-3H3,(H,19,21)/t15-/m0/s1. The third-order valence-electron chi connectivity index (χ3n) is 4.26. The van der Waals surface area contributed by atoms with Crippen LogP contribution in [-0.2, 0) is 4.79 Å². The van der Waals surface area contributed by atoms with Crippen molar-refractivity contribution >= 4 is 29.3 Å². The molecule has 0 radical (unpaired) electrons. The van der Waals surface area contributed by atoms with E-state index in [1.165, 1.54) is 0 Å². The highest BCUT2D eigenvalue weighted by Gasteiger charge is 2.36. The molecule has 1 aliphatic rings. The van der Waals surface area contributed by atoms with Gasteiger partial charge in [0.25, 0.3) is 5.91 Å². The summed E-state index contributed by atoms with van der Waals surface area (Å²) < 4.78 is 5.41. The lowest BCUT2D eigenvalue weighted by atomic mass is 10.1. The summed E-state index contributed by atoms with van der Waals surface area (Å²) in [6.07, 6.45) is 0. The number of anilines is 1. The van der Waals surface area contributed by atoms with Crippen molar-refractivity contribution in [3.05, 3.63) is 53.0 Å². The number of furan rings is 1. The van der Waals surface area contributed by atoms with Gasteiger partial charge in [0.1, 0.15) is 11.8 Å². The molecular formula is C18H20N2O3S. The lowest BCUT2D eigenvalue weighted by Gasteiger charge is -2.22. The summed E-state index contributed by atoms with van der Waals surface area (Å²) in [4.78, 5) is 26.8. The Kier molecular flexibility index (Phi) is 4.66. The fourth-order valence-corrected chi connectivity index (χ4v) is 3.81. The first-order chi connectivity index (χ1) is 11.5. The average molecular weight is 344 g/mol. The second-order valence-corrected chi connectivity index (χ2v) is 6.94. The molecule has 24 heavy (non-hydrogen) atoms. The van der Waals surface area contributed by atoms with Crippen LogP contribution in [-0.4, -0.2) is 34.4 Å². The molecule has 0 bridgehead atoms. The maximum absolute atomic E-state index is 12.7. The number of hydrogen-bond donors (Lipinski definition) is 1. The number of hydrogen-bond acceptors (Lipinski definition) is 4. The van der Waals surface area contributed by atoms with E-state index in [0.717, 1.165) is 16.8 Å². The van der Waals surface area contributed by atoms with Crippen molar-refractivity contribution in [1.82, 2.24) is 4.90 Å². The van der Waals surface area contributed by atoms with Gasteiger partial charge in [0.05, 0.1) is 5.88 Å². The van der Waals surface area contributed by atoms with Crippen LogP contribution < -0.4 is 5.32 Å². The van der Waals surface area contributed by atoms with Crippen molar-refractivity contribution in [2.75, 3.05) is 16.9 Å². The summed E-state index contributed by atoms with van der Waals surface area (Å²) in [7, 11) is 0. The van der Waals surface area contributed by atoms with Crippen LogP contribution in [0, 0.1) is 20.8 Å². The van der Waals surface area contributed by atoms with E-state index in [2.05, 4.69) is 5.32 Å². The summed E-state index contributed by atoms with van der Waals surface area (Å²) >= 11 is 1.57. The molecule has 1 fully saturated rings. The monoisotopic (exact) mass is 344 g/mol. The number of thioether (sulfide) groups is 1. The topological polar surface area (TPSA) is 62.6 Å². The van der Waals surface area contributed by atoms with E-state index in [0.29, 0.717) is 17.4 Å². The van der Waals surface area contributed by atoms with Gasteiger partial charge in [-0.05, 0) is 50.1 Å². The van der Waals surface area contributed by atoms with Crippen molar-refractivity contribution in [2.24, 2.45) is 0 Å². The van der Waals surface area contributed by atoms with Gasteiger partial charge < -0.3 is 14.6 Å². The van der Waals surface area contributed by atoms with Crippen LogP contribution in [0.2, 0.25) is 0 Å². The lowest BCUT2D eigenvalue weighted by Crippen LogP contribution is -2.44. The van der Waals surface area contributed by atoms with Crippen molar-refractivity contribution in [3.63, 3.8) is 0 Å². The first-order valence-electron chi connectivity index (χ1n) is 7.79. The first kappa shape index (κ1) is 16.6. The second-order valence-electron chi connectivity index (χ2n) is 5.94. The fraction of sp³-hybridized carbons (Fsp3) is 0.333. The summed E-state index contributed by atoms with van der Waals surface area (Å²) in [5, 5.41) is 2.96. The molecule has 2 aromatic rings. The predicted octanol–water partition coefficient (Wildman–Crippen LogP) is 3.36. The predicted molar refractivity (Wildman–Crippen MR) is 95.3 cm³/mol. The van der Waals surface area contributed by atoms with Crippen LogP contribution in [0.15, 0.2) is 34.7 Å². The molecule has 0 saturated carbocycles. The van der Waals surface area contributed by atoms with Gasteiger partial charge in [0, 0.05) is 11.4 Å². The molecule has 6 heteroatoms. The molecule has 2 amide bonds. The molecule has 1 aromatic heterocycles. The third-order valence-corrected chi connectivity index (χ3v) is 5.27. The molecule has 3 rings (SSSR count). The van der Waals surface area contributed by atoms with Crippen molar-refractivity contribution in [2.45, 2.75) is 26.8 Å². The number of nitrogens with one attached hydrogen (secondary N) is 1. The quantitative estimate of drug-likeness (QED) is 0.927. The Morgan fingerprint density at radius 1 is 1.21 bits per heavy atom. The lowest BCUT2D eigenvalue weighted by molar-refractivity contribution is -0.119. The highest BCUT2D eigenvalue weighted by molar-refractivity contribution is 7.99. The molecule has 0 aliphatic carbocycles. The van der Waals surface area contributed by atoms with Crippen LogP contribution in [0.5, 0.6) is 0 Å². The summed E-state index contributed by atoms with van der Waals surface area (Å²) in [5.41, 5.74) is 2.95. The smallest absolute Gasteiger partial charge is 0.290 e. The zero-order chi connectivity index (χ0) is 17.3. The molecule has 1 saturated heterocycles. The fourth-order valence-electron chi connectivity index (χ4n) is 2.65. The highest BCUT2D eigenvalue weighted by Crippen LogP contribution is 2.26. The second kappa shape index (κ2) is 6.73. The number of carbonyl (C=O) groups is 2. The van der Waals surface area contributed by atoms with E-state index in [-0.39, 0.29) is 17.6 Å². The highest BCUT2D eigenvalue weighted by atomic mass is 32.2. The van der Waals surface area contributed by atoms with E-state index < -0.39 is 6.04 Å². The minimum absolute atomic E-state index is 0.162. The minimum Gasteiger partial charge on any atom is -0.456 e. The zero-order valence-corrected chi connectivity index (χ0v) is 14.8. The van der Waals surface area contributed by atoms with Gasteiger partial charge in [-0.2, -0.15) is 0 Å². The SMILES string of the molecule is Cc1ccc(C(=O)N2CSC[C@H]2C(=O)Nc2cccc(C)c2C)o1. The maximum Gasteiger partial charge on any atom is 0.290 e. The summed E-state index contributed by atoms with van der Waals surface area (Å²) in [6, 6.07) is 8.71. The van der Waals surface area contributed by atoms with Crippen LogP contribution in [0.1, 0.15) is 27.4 Å². The molecule has 0 spiro atoms. The molecule has 126 valence electrons. The van der Waals surface area contributed by atoms with Gasteiger partial charge in [0.15, 0.2) is 5.76 Å². The van der Waals surface area contributed by atoms with Gasteiger partial charge in [0.2, 0.25) is 5.91 Å². The summed E-state index contributed by atoms with van der Waals surface area (Å²) in [5.74, 6) is 1.63. The molecule has 1 aliphatic heterocycles. The van der Waals surface area contributed by atoms with Crippen LogP contribution in [0.3, 0.4) is 0 Å². The number of aryl methyl sites for hydroxylation is 2. The van der Waals surface area contributed by atoms with E-state index in [4.69, 9.17) is 4.42 Å². The van der Waals surface area contributed by atoms with Crippen molar-refractivity contribution in [1.29, 1.82) is 0 Å². The number of carbonyl (C=O) groups excluding carboxylic acids is 2. The third kappa shape index (κ3) is 3.19. The van der Waals surface area contributed by atoms with Crippen LogP contribution in [0.4, 0.5) is 5.69 Å². The Hall–Kier alpha value is -2.21. The van der Waals surface area contributed by atoms with Crippen LogP contribution in [0.25, 0.3) is 0 Å². The van der Waals surface area contributed by atoms with Gasteiger partial charge in [-0.1, -0.05) is 12.1 Å². The largest absolute Gasteiger partial charge is 0.456 e. The van der Waals surface area contributed by atoms with Crippen molar-refractivity contribution in [3.8, 4) is 0 Å². The molecule has 1 aromatic carbocycles. The maximum atomic E-state index is 12.7. The normalized spacial score (nSPS) is 17.1. The Bertz CT molecular complexity index is 784. The molecule has 2 heterocycles. The van der Waals surface area contributed by atoms with Crippen molar-refractivity contribution < 1.29 is 14.0 Å². The molecule has 5 nitrogen and oxygen atoms in total. The molecule has 1 N–H and O–H groups in total. The van der Waals surface area contributed by atoms with E-state index in [1.807, 2.05) is 32.0 Å². The van der Waals surface area contributed by atoms with Gasteiger partial charge >= 0.3 is 0 Å². The molecule has 0 unspecified atom stereocenters. The number of amides is 2. The summed E-state index contributed by atoms with van der Waals surface area (Å²) in [6.45, 7) is 5.77. The number of nitrogens with zero attached hydrogens (tertiary/aromatic N) is 1. The van der Waals surface area contributed by atoms with Crippen LogP contribution >= 0.6 is 11.8 Å². The van der Waals surface area contributed by atoms with E-state index in [1.54, 1.807) is 35.7 Å². The average Bonchev–Trinajstić information content (AvgIpc) is 3.20. The molecular weight excluding hydrogens is 324 g/mol. The van der Waals surface area contributed by atoms with E-state index in [9.17, 15) is 9.59 Å². The number of benzene rings is 1. The van der Waals surface area contributed by atoms with Gasteiger partial charge in [-0.15, -0.1) is 11.8 Å².